The molecule has 0 aliphatic heterocycles. The first-order valence-electron chi connectivity index (χ1n) is 5.46. The van der Waals surface area contributed by atoms with Gasteiger partial charge in [0.2, 0.25) is 0 Å². The minimum atomic E-state index is 0.377. The fraction of sp³-hybridized carbons (Fsp3) is 0.200. The Labute approximate surface area is 96.4 Å². The molecule has 82 valence electrons. The van der Waals surface area contributed by atoms with Crippen LogP contribution in [0.5, 0.6) is 5.75 Å². The molecular weight excluding hydrogens is 196 g/mol. The molecule has 1 N–H and O–H groups in total. The smallest absolute Gasteiger partial charge is 0.119 e. The molecule has 1 nitrogen and oxygen atoms in total. The minimum Gasteiger partial charge on any atom is -0.508 e. The summed E-state index contributed by atoms with van der Waals surface area (Å²) in [6, 6.07) is 12.0. The Morgan fingerprint density at radius 3 is 2.12 bits per heavy atom. The van der Waals surface area contributed by atoms with E-state index >= 15 is 0 Å². The molecule has 2 aromatic carbocycles. The highest BCUT2D eigenvalue weighted by atomic mass is 16.3. The molecule has 0 fully saturated rings. The van der Waals surface area contributed by atoms with Gasteiger partial charge in [-0.3, -0.25) is 0 Å². The van der Waals surface area contributed by atoms with Crippen molar-refractivity contribution in [2.75, 3.05) is 0 Å². The first-order valence-corrected chi connectivity index (χ1v) is 5.46. The summed E-state index contributed by atoms with van der Waals surface area (Å²) < 4.78 is 0. The van der Waals surface area contributed by atoms with Crippen LogP contribution in [0.15, 0.2) is 36.4 Å². The van der Waals surface area contributed by atoms with E-state index in [0.29, 0.717) is 5.75 Å². The molecule has 0 unspecified atom stereocenters. The van der Waals surface area contributed by atoms with Crippen LogP contribution in [0.2, 0.25) is 0 Å². The third-order valence-corrected chi connectivity index (χ3v) is 3.14. The van der Waals surface area contributed by atoms with E-state index in [0.717, 1.165) is 22.3 Å². The van der Waals surface area contributed by atoms with Gasteiger partial charge in [-0.1, -0.05) is 30.3 Å². The Bertz CT molecular complexity index is 486. The van der Waals surface area contributed by atoms with Crippen molar-refractivity contribution in [1.29, 1.82) is 0 Å². The number of hydrogen-bond donors (Lipinski definition) is 1. The largest absolute Gasteiger partial charge is 0.508 e. The Morgan fingerprint density at radius 2 is 1.50 bits per heavy atom. The number of rotatable bonds is 1. The maximum Gasteiger partial charge on any atom is 0.119 e. The predicted molar refractivity (Wildman–Crippen MR) is 67.8 cm³/mol. The molecule has 2 rings (SSSR count). The van der Waals surface area contributed by atoms with E-state index < -0.39 is 0 Å². The molecule has 0 aromatic heterocycles. The maximum atomic E-state index is 9.87. The van der Waals surface area contributed by atoms with E-state index in [-0.39, 0.29) is 0 Å². The third kappa shape index (κ3) is 1.69. The van der Waals surface area contributed by atoms with Crippen LogP contribution in [0.1, 0.15) is 16.7 Å². The normalized spacial score (nSPS) is 10.4. The Morgan fingerprint density at radius 1 is 0.875 bits per heavy atom. The summed E-state index contributed by atoms with van der Waals surface area (Å²) >= 11 is 0. The van der Waals surface area contributed by atoms with Crippen LogP contribution in [0.3, 0.4) is 0 Å². The average Bonchev–Trinajstić information content (AvgIpc) is 2.28. The van der Waals surface area contributed by atoms with Crippen LogP contribution in [0.4, 0.5) is 0 Å². The van der Waals surface area contributed by atoms with Crippen LogP contribution >= 0.6 is 0 Å². The molecular formula is C15H16O. The molecule has 2 aromatic rings. The quantitative estimate of drug-likeness (QED) is 0.758. The third-order valence-electron chi connectivity index (χ3n) is 3.14. The highest BCUT2D eigenvalue weighted by molar-refractivity contribution is 5.74. The lowest BCUT2D eigenvalue weighted by atomic mass is 9.92. The Kier molecular flexibility index (Phi) is 2.69. The summed E-state index contributed by atoms with van der Waals surface area (Å²) in [7, 11) is 0. The first-order chi connectivity index (χ1) is 7.61. The summed E-state index contributed by atoms with van der Waals surface area (Å²) in [5.74, 6) is 0.377. The highest BCUT2D eigenvalue weighted by Gasteiger charge is 2.11. The number of phenols is 1. The van der Waals surface area contributed by atoms with E-state index in [1.165, 1.54) is 5.56 Å². The average molecular weight is 212 g/mol. The maximum absolute atomic E-state index is 9.87. The van der Waals surface area contributed by atoms with Crippen molar-refractivity contribution in [3.63, 3.8) is 0 Å². The fourth-order valence-electron chi connectivity index (χ4n) is 2.07. The molecule has 1 heteroatoms. The Balaban J connectivity index is 2.74. The van der Waals surface area contributed by atoms with Crippen molar-refractivity contribution in [3.05, 3.63) is 53.1 Å². The second kappa shape index (κ2) is 4.01. The summed E-state index contributed by atoms with van der Waals surface area (Å²) in [5.41, 5.74) is 5.63. The lowest BCUT2D eigenvalue weighted by Gasteiger charge is -2.14. The lowest BCUT2D eigenvalue weighted by Crippen LogP contribution is -1.92. The zero-order valence-electron chi connectivity index (χ0n) is 9.91. The van der Waals surface area contributed by atoms with Crippen LogP contribution in [0.25, 0.3) is 11.1 Å². The van der Waals surface area contributed by atoms with Crippen LogP contribution in [-0.4, -0.2) is 5.11 Å². The summed E-state index contributed by atoms with van der Waals surface area (Å²) in [4.78, 5) is 0. The summed E-state index contributed by atoms with van der Waals surface area (Å²) in [6.07, 6.45) is 0. The van der Waals surface area contributed by atoms with Crippen molar-refractivity contribution in [1.82, 2.24) is 0 Å². The van der Waals surface area contributed by atoms with Crippen molar-refractivity contribution in [3.8, 4) is 16.9 Å². The highest BCUT2D eigenvalue weighted by Crippen LogP contribution is 2.34. The minimum absolute atomic E-state index is 0.377. The van der Waals surface area contributed by atoms with Gasteiger partial charge in [0.15, 0.2) is 0 Å². The van der Waals surface area contributed by atoms with Gasteiger partial charge < -0.3 is 5.11 Å². The monoisotopic (exact) mass is 212 g/mol. The van der Waals surface area contributed by atoms with Crippen LogP contribution in [-0.2, 0) is 0 Å². The number of benzene rings is 2. The van der Waals surface area contributed by atoms with Crippen molar-refractivity contribution >= 4 is 0 Å². The van der Waals surface area contributed by atoms with E-state index in [4.69, 9.17) is 0 Å². The molecule has 0 heterocycles. The van der Waals surface area contributed by atoms with Gasteiger partial charge in [0.05, 0.1) is 0 Å². The second-order valence-corrected chi connectivity index (χ2v) is 4.20. The first kappa shape index (κ1) is 10.7. The molecule has 0 saturated carbocycles. The number of hydrogen-bond acceptors (Lipinski definition) is 1. The molecule has 0 spiro atoms. The number of aryl methyl sites for hydroxylation is 1. The molecule has 0 aliphatic rings. The zero-order valence-corrected chi connectivity index (χ0v) is 9.91. The van der Waals surface area contributed by atoms with Gasteiger partial charge in [0.1, 0.15) is 5.75 Å². The van der Waals surface area contributed by atoms with Gasteiger partial charge >= 0.3 is 0 Å². The van der Waals surface area contributed by atoms with E-state index in [9.17, 15) is 5.11 Å². The molecule has 0 bridgehead atoms. The number of aromatic hydroxyl groups is 1. The van der Waals surface area contributed by atoms with Gasteiger partial charge in [-0.15, -0.1) is 0 Å². The molecule has 16 heavy (non-hydrogen) atoms. The van der Waals surface area contributed by atoms with Gasteiger partial charge in [0.25, 0.3) is 0 Å². The van der Waals surface area contributed by atoms with Gasteiger partial charge in [-0.25, -0.2) is 0 Å². The van der Waals surface area contributed by atoms with Crippen LogP contribution < -0.4 is 0 Å². The number of phenolic OH excluding ortho intramolecular Hbond substituents is 1. The summed E-state index contributed by atoms with van der Waals surface area (Å²) in [6.45, 7) is 6.09. The SMILES string of the molecule is Cc1cc(O)c(C)c(-c2ccccc2)c1C. The molecule has 0 radical (unpaired) electrons. The zero-order chi connectivity index (χ0) is 11.7. The topological polar surface area (TPSA) is 20.2 Å². The van der Waals surface area contributed by atoms with Gasteiger partial charge in [-0.05, 0) is 54.7 Å². The fourth-order valence-corrected chi connectivity index (χ4v) is 2.07. The van der Waals surface area contributed by atoms with Crippen molar-refractivity contribution in [2.45, 2.75) is 20.8 Å². The Hall–Kier alpha value is -1.76. The molecule has 0 aliphatic carbocycles. The molecule has 0 amide bonds. The van der Waals surface area contributed by atoms with E-state index in [1.54, 1.807) is 0 Å². The lowest BCUT2D eigenvalue weighted by molar-refractivity contribution is 0.471. The van der Waals surface area contributed by atoms with Crippen LogP contribution in [0, 0.1) is 20.8 Å². The van der Waals surface area contributed by atoms with Gasteiger partial charge in [-0.2, -0.15) is 0 Å². The van der Waals surface area contributed by atoms with E-state index in [1.807, 2.05) is 38.1 Å². The van der Waals surface area contributed by atoms with Crippen molar-refractivity contribution in [2.24, 2.45) is 0 Å². The standard InChI is InChI=1S/C15H16O/c1-10-9-14(16)12(3)15(11(10)2)13-7-5-4-6-8-13/h4-9,16H,1-3H3. The second-order valence-electron chi connectivity index (χ2n) is 4.20. The summed E-state index contributed by atoms with van der Waals surface area (Å²) in [5, 5.41) is 9.87. The predicted octanol–water partition coefficient (Wildman–Crippen LogP) is 3.98. The van der Waals surface area contributed by atoms with Crippen molar-refractivity contribution < 1.29 is 5.11 Å². The van der Waals surface area contributed by atoms with E-state index in [2.05, 4.69) is 19.1 Å². The van der Waals surface area contributed by atoms with Gasteiger partial charge in [0, 0.05) is 0 Å². The molecule has 0 atom stereocenters. The molecule has 0 saturated heterocycles.